The summed E-state index contributed by atoms with van der Waals surface area (Å²) in [4.78, 5) is 12.6. The standard InChI is InChI=1S/C12H11N5OS/c1-7-15-8(6-19-7)4-11-16-12(18-17-11)9-2-3-14-5-10(9)13/h2-3,5-6H,4,13H2,1H3. The normalized spacial score (nSPS) is 10.8. The van der Waals surface area contributed by atoms with Crippen molar-refractivity contribution in [1.29, 1.82) is 0 Å². The molecule has 0 aromatic carbocycles. The molecule has 0 saturated carbocycles. The maximum absolute atomic E-state index is 5.82. The molecule has 0 bridgehead atoms. The quantitative estimate of drug-likeness (QED) is 0.785. The van der Waals surface area contributed by atoms with Crippen molar-refractivity contribution in [2.75, 3.05) is 5.73 Å². The first-order chi connectivity index (χ1) is 9.22. The van der Waals surface area contributed by atoms with Gasteiger partial charge in [0.1, 0.15) is 0 Å². The van der Waals surface area contributed by atoms with Crippen LogP contribution in [0.15, 0.2) is 28.4 Å². The average Bonchev–Trinajstić information content (AvgIpc) is 3.00. The second-order valence-corrected chi connectivity index (χ2v) is 5.08. The van der Waals surface area contributed by atoms with Gasteiger partial charge >= 0.3 is 0 Å². The van der Waals surface area contributed by atoms with Crippen LogP contribution in [0.5, 0.6) is 0 Å². The summed E-state index contributed by atoms with van der Waals surface area (Å²) in [5.74, 6) is 0.998. The van der Waals surface area contributed by atoms with Crippen LogP contribution in [0.2, 0.25) is 0 Å². The van der Waals surface area contributed by atoms with E-state index in [1.54, 1.807) is 29.8 Å². The van der Waals surface area contributed by atoms with Crippen molar-refractivity contribution < 1.29 is 4.52 Å². The predicted molar refractivity (Wildman–Crippen MR) is 71.6 cm³/mol. The third-order valence-electron chi connectivity index (χ3n) is 2.56. The van der Waals surface area contributed by atoms with E-state index in [1.165, 1.54) is 0 Å². The van der Waals surface area contributed by atoms with Crippen molar-refractivity contribution >= 4 is 17.0 Å². The van der Waals surface area contributed by atoms with Gasteiger partial charge in [0.05, 0.1) is 34.6 Å². The number of aryl methyl sites for hydroxylation is 1. The molecule has 7 heteroatoms. The van der Waals surface area contributed by atoms with E-state index in [0.29, 0.717) is 29.4 Å². The van der Waals surface area contributed by atoms with Crippen molar-refractivity contribution in [3.05, 3.63) is 40.4 Å². The van der Waals surface area contributed by atoms with Crippen molar-refractivity contribution in [3.63, 3.8) is 0 Å². The molecule has 3 rings (SSSR count). The fourth-order valence-corrected chi connectivity index (χ4v) is 2.30. The Bertz CT molecular complexity index is 705. The number of nitrogens with zero attached hydrogens (tertiary/aromatic N) is 4. The molecule has 19 heavy (non-hydrogen) atoms. The van der Waals surface area contributed by atoms with Crippen molar-refractivity contribution in [2.45, 2.75) is 13.3 Å². The molecular weight excluding hydrogens is 262 g/mol. The van der Waals surface area contributed by atoms with Gasteiger partial charge in [0.2, 0.25) is 0 Å². The number of nitrogens with two attached hydrogens (primary N) is 1. The first-order valence-corrected chi connectivity index (χ1v) is 6.54. The monoisotopic (exact) mass is 273 g/mol. The van der Waals surface area contributed by atoms with Crippen LogP contribution in [0.25, 0.3) is 11.5 Å². The fraction of sp³-hybridized carbons (Fsp3) is 0.167. The zero-order valence-electron chi connectivity index (χ0n) is 10.2. The second-order valence-electron chi connectivity index (χ2n) is 4.01. The Morgan fingerprint density at radius 3 is 3.00 bits per heavy atom. The van der Waals surface area contributed by atoms with Gasteiger partial charge in [-0.3, -0.25) is 4.98 Å². The summed E-state index contributed by atoms with van der Waals surface area (Å²) >= 11 is 1.60. The average molecular weight is 273 g/mol. The lowest BCUT2D eigenvalue weighted by Crippen LogP contribution is -1.93. The molecule has 0 unspecified atom stereocenters. The van der Waals surface area contributed by atoms with E-state index in [4.69, 9.17) is 10.3 Å². The molecular formula is C12H11N5OS. The van der Waals surface area contributed by atoms with E-state index >= 15 is 0 Å². The van der Waals surface area contributed by atoms with Gasteiger partial charge in [-0.2, -0.15) is 4.98 Å². The predicted octanol–water partition coefficient (Wildman–Crippen LogP) is 2.07. The summed E-state index contributed by atoms with van der Waals surface area (Å²) < 4.78 is 5.22. The Hall–Kier alpha value is -2.28. The zero-order chi connectivity index (χ0) is 13.2. The van der Waals surface area contributed by atoms with Crippen LogP contribution >= 0.6 is 11.3 Å². The fourth-order valence-electron chi connectivity index (χ4n) is 1.69. The van der Waals surface area contributed by atoms with Gasteiger partial charge in [0.15, 0.2) is 5.82 Å². The van der Waals surface area contributed by atoms with Gasteiger partial charge in [-0.15, -0.1) is 11.3 Å². The number of hydrogen-bond acceptors (Lipinski definition) is 7. The Balaban J connectivity index is 1.86. The highest BCUT2D eigenvalue weighted by Gasteiger charge is 2.12. The minimum absolute atomic E-state index is 0.404. The molecule has 96 valence electrons. The first-order valence-electron chi connectivity index (χ1n) is 5.66. The SMILES string of the molecule is Cc1nc(Cc2noc(-c3ccncc3N)n2)cs1. The summed E-state index contributed by atoms with van der Waals surface area (Å²) in [6.45, 7) is 1.97. The van der Waals surface area contributed by atoms with E-state index in [2.05, 4.69) is 20.1 Å². The minimum Gasteiger partial charge on any atom is -0.397 e. The molecule has 0 aliphatic carbocycles. The lowest BCUT2D eigenvalue weighted by Gasteiger charge is -1.97. The van der Waals surface area contributed by atoms with Gasteiger partial charge < -0.3 is 10.3 Å². The Morgan fingerprint density at radius 2 is 2.26 bits per heavy atom. The molecule has 0 spiro atoms. The van der Waals surface area contributed by atoms with Gasteiger partial charge in [-0.25, -0.2) is 4.98 Å². The highest BCUT2D eigenvalue weighted by atomic mass is 32.1. The second kappa shape index (κ2) is 4.77. The summed E-state index contributed by atoms with van der Waals surface area (Å²) in [5, 5.41) is 6.96. The van der Waals surface area contributed by atoms with E-state index in [-0.39, 0.29) is 0 Å². The number of pyridine rings is 1. The molecule has 0 radical (unpaired) electrons. The van der Waals surface area contributed by atoms with Crippen LogP contribution in [0, 0.1) is 6.92 Å². The maximum atomic E-state index is 5.82. The van der Waals surface area contributed by atoms with Crippen LogP contribution in [-0.4, -0.2) is 20.1 Å². The lowest BCUT2D eigenvalue weighted by molar-refractivity contribution is 0.424. The van der Waals surface area contributed by atoms with Crippen molar-refractivity contribution in [3.8, 4) is 11.5 Å². The van der Waals surface area contributed by atoms with Crippen LogP contribution in [-0.2, 0) is 6.42 Å². The van der Waals surface area contributed by atoms with Crippen LogP contribution in [0.3, 0.4) is 0 Å². The van der Waals surface area contributed by atoms with Crippen LogP contribution in [0.4, 0.5) is 5.69 Å². The Kier molecular flexibility index (Phi) is 2.96. The molecule has 0 aliphatic rings. The van der Waals surface area contributed by atoms with Gasteiger partial charge in [-0.1, -0.05) is 5.16 Å². The molecule has 0 fully saturated rings. The Labute approximate surface area is 113 Å². The summed E-state index contributed by atoms with van der Waals surface area (Å²) in [7, 11) is 0. The molecule has 0 aliphatic heterocycles. The minimum atomic E-state index is 0.404. The van der Waals surface area contributed by atoms with E-state index in [0.717, 1.165) is 10.7 Å². The van der Waals surface area contributed by atoms with Gasteiger partial charge in [-0.05, 0) is 13.0 Å². The Morgan fingerprint density at radius 1 is 1.37 bits per heavy atom. The van der Waals surface area contributed by atoms with E-state index in [1.807, 2.05) is 12.3 Å². The number of hydrogen-bond donors (Lipinski definition) is 1. The van der Waals surface area contributed by atoms with Gasteiger partial charge in [0.25, 0.3) is 5.89 Å². The first kappa shape index (κ1) is 11.8. The molecule has 3 aromatic heterocycles. The van der Waals surface area contributed by atoms with E-state index in [9.17, 15) is 0 Å². The summed E-state index contributed by atoms with van der Waals surface area (Å²) in [6.07, 6.45) is 3.75. The number of aromatic nitrogens is 4. The van der Waals surface area contributed by atoms with Crippen molar-refractivity contribution in [1.82, 2.24) is 20.1 Å². The number of nitrogen functional groups attached to an aromatic ring is 1. The number of anilines is 1. The molecule has 6 nitrogen and oxygen atoms in total. The highest BCUT2D eigenvalue weighted by molar-refractivity contribution is 7.09. The molecule has 0 amide bonds. The molecule has 0 atom stereocenters. The lowest BCUT2D eigenvalue weighted by atomic mass is 10.2. The number of thiazole rings is 1. The third-order valence-corrected chi connectivity index (χ3v) is 3.38. The molecule has 3 aromatic rings. The van der Waals surface area contributed by atoms with Crippen LogP contribution in [0.1, 0.15) is 16.5 Å². The zero-order valence-corrected chi connectivity index (χ0v) is 11.0. The third kappa shape index (κ3) is 2.45. The topological polar surface area (TPSA) is 90.7 Å². The highest BCUT2D eigenvalue weighted by Crippen LogP contribution is 2.23. The van der Waals surface area contributed by atoms with E-state index < -0.39 is 0 Å². The number of rotatable bonds is 3. The smallest absolute Gasteiger partial charge is 0.260 e. The van der Waals surface area contributed by atoms with Crippen molar-refractivity contribution in [2.24, 2.45) is 0 Å². The molecule has 3 heterocycles. The summed E-state index contributed by atoms with van der Waals surface area (Å²) in [6, 6.07) is 1.75. The largest absolute Gasteiger partial charge is 0.397 e. The maximum Gasteiger partial charge on any atom is 0.260 e. The van der Waals surface area contributed by atoms with Gasteiger partial charge in [0, 0.05) is 11.6 Å². The molecule has 2 N–H and O–H groups in total. The van der Waals surface area contributed by atoms with Crippen LogP contribution < -0.4 is 5.73 Å². The summed E-state index contributed by atoms with van der Waals surface area (Å²) in [5.41, 5.74) is 7.97. The molecule has 0 saturated heterocycles.